The highest BCUT2D eigenvalue weighted by Crippen LogP contribution is 2.37. The van der Waals surface area contributed by atoms with Crippen molar-refractivity contribution in [3.05, 3.63) is 76.2 Å². The van der Waals surface area contributed by atoms with Gasteiger partial charge >= 0.3 is 6.18 Å². The fourth-order valence-electron chi connectivity index (χ4n) is 3.59. The molecule has 0 saturated heterocycles. The quantitative estimate of drug-likeness (QED) is 0.354. The van der Waals surface area contributed by atoms with E-state index in [0.717, 1.165) is 12.3 Å². The van der Waals surface area contributed by atoms with E-state index >= 15 is 0 Å². The predicted octanol–water partition coefficient (Wildman–Crippen LogP) is 6.74. The molecule has 0 aliphatic carbocycles. The summed E-state index contributed by atoms with van der Waals surface area (Å²) in [6.07, 6.45) is -4.39. The summed E-state index contributed by atoms with van der Waals surface area (Å²) in [5.74, 6) is -1.44. The molecule has 3 aromatic rings. The molecule has 1 aliphatic rings. The normalized spacial score (nSPS) is 13.6. The average molecular weight is 514 g/mol. The second-order valence-electron chi connectivity index (χ2n) is 7.48. The highest BCUT2D eigenvalue weighted by atomic mass is 35.5. The molecule has 2 aromatic carbocycles. The topological polar surface area (TPSA) is 45.7 Å². The molecule has 11 heteroatoms. The lowest BCUT2D eigenvalue weighted by Gasteiger charge is -2.38. The molecule has 0 N–H and O–H groups in total. The summed E-state index contributed by atoms with van der Waals surface area (Å²) >= 11 is 12.1. The van der Waals surface area contributed by atoms with E-state index in [4.69, 9.17) is 27.9 Å². The van der Waals surface area contributed by atoms with Gasteiger partial charge in [0.15, 0.2) is 0 Å². The molecule has 0 fully saturated rings. The molecular weight excluding hydrogens is 497 g/mol. The molecule has 0 atom stereocenters. The van der Waals surface area contributed by atoms with Crippen LogP contribution in [0.1, 0.15) is 16.8 Å². The predicted molar refractivity (Wildman–Crippen MR) is 122 cm³/mol. The maximum Gasteiger partial charge on any atom is 0.390 e. The number of ether oxygens (including phenoxy) is 1. The summed E-state index contributed by atoms with van der Waals surface area (Å²) in [5.41, 5.74) is 0.697. The minimum absolute atomic E-state index is 0.0849. The van der Waals surface area contributed by atoms with Crippen LogP contribution in [0.15, 0.2) is 54.7 Å². The Hall–Kier alpha value is -3.04. The molecule has 34 heavy (non-hydrogen) atoms. The van der Waals surface area contributed by atoms with E-state index in [1.54, 1.807) is 35.2 Å². The number of halogens is 6. The number of amides is 1. The number of rotatable bonds is 5. The first-order valence-electron chi connectivity index (χ1n) is 10.1. The van der Waals surface area contributed by atoms with Crippen LogP contribution in [-0.4, -0.2) is 36.7 Å². The van der Waals surface area contributed by atoms with E-state index < -0.39 is 24.3 Å². The van der Waals surface area contributed by atoms with Gasteiger partial charge in [-0.15, -0.1) is 0 Å². The van der Waals surface area contributed by atoms with Gasteiger partial charge in [-0.2, -0.15) is 13.2 Å². The Morgan fingerprint density at radius 3 is 2.53 bits per heavy atom. The minimum Gasteiger partial charge on any atom is -0.437 e. The van der Waals surface area contributed by atoms with Gasteiger partial charge in [-0.05, 0) is 30.3 Å². The lowest BCUT2D eigenvalue weighted by Crippen LogP contribution is -2.45. The number of anilines is 2. The van der Waals surface area contributed by atoms with Crippen LogP contribution in [0.3, 0.4) is 0 Å². The van der Waals surface area contributed by atoms with Crippen molar-refractivity contribution in [3.8, 4) is 11.6 Å². The molecule has 0 radical (unpaired) electrons. The number of hydrogen-bond donors (Lipinski definition) is 0. The van der Waals surface area contributed by atoms with Crippen molar-refractivity contribution >= 4 is 40.5 Å². The third kappa shape index (κ3) is 5.37. The Balaban J connectivity index is 1.66. The van der Waals surface area contributed by atoms with E-state index in [1.807, 2.05) is 0 Å². The molecule has 1 aliphatic heterocycles. The van der Waals surface area contributed by atoms with Crippen LogP contribution < -0.4 is 14.5 Å². The van der Waals surface area contributed by atoms with Crippen molar-refractivity contribution in [3.63, 3.8) is 0 Å². The van der Waals surface area contributed by atoms with Gasteiger partial charge in [0.1, 0.15) is 17.1 Å². The Morgan fingerprint density at radius 2 is 1.79 bits per heavy atom. The molecular formula is C23H17Cl2F4N3O2. The van der Waals surface area contributed by atoms with Crippen LogP contribution in [0.5, 0.6) is 11.6 Å². The zero-order valence-electron chi connectivity index (χ0n) is 17.5. The number of para-hydroxylation sites is 2. The fraction of sp³-hybridized carbons (Fsp3) is 0.217. The first kappa shape index (κ1) is 24.1. The standard InChI is InChI=1S/C23H17Cl2F4N3O2/c24-14-5-6-17(25)20(11-14)34-21-16(12-15(26)13-30-21)22(33)32-10-9-31(8-7-23(27,28)29)18-3-1-2-4-19(18)32/h1-6,11-13H,7-10H2. The number of hydrogen-bond acceptors (Lipinski definition) is 4. The average Bonchev–Trinajstić information content (AvgIpc) is 2.80. The molecule has 0 spiro atoms. The van der Waals surface area contributed by atoms with Crippen molar-refractivity contribution in [1.29, 1.82) is 0 Å². The van der Waals surface area contributed by atoms with Crippen molar-refractivity contribution in [2.75, 3.05) is 29.4 Å². The lowest BCUT2D eigenvalue weighted by molar-refractivity contribution is -0.132. The van der Waals surface area contributed by atoms with E-state index in [1.165, 1.54) is 17.0 Å². The molecule has 0 saturated carbocycles. The SMILES string of the molecule is O=C(c1cc(F)cnc1Oc1cc(Cl)ccc1Cl)N1CCN(CCC(F)(F)F)c2ccccc21. The van der Waals surface area contributed by atoms with Crippen LogP contribution in [0.2, 0.25) is 10.0 Å². The Kier molecular flexibility index (Phi) is 6.86. The number of fused-ring (bicyclic) bond motifs is 1. The lowest BCUT2D eigenvalue weighted by atomic mass is 10.1. The maximum atomic E-state index is 14.1. The minimum atomic E-state index is -4.30. The third-order valence-electron chi connectivity index (χ3n) is 5.17. The first-order chi connectivity index (χ1) is 16.1. The van der Waals surface area contributed by atoms with Gasteiger partial charge in [-0.25, -0.2) is 9.37 Å². The molecule has 0 unspecified atom stereocenters. The molecule has 1 aromatic heterocycles. The second-order valence-corrected chi connectivity index (χ2v) is 8.32. The summed E-state index contributed by atoms with van der Waals surface area (Å²) in [6.45, 7) is 0.00512. The van der Waals surface area contributed by atoms with Crippen LogP contribution in [0, 0.1) is 5.82 Å². The number of carbonyl (C=O) groups is 1. The molecule has 4 rings (SSSR count). The Labute approximate surface area is 202 Å². The largest absolute Gasteiger partial charge is 0.437 e. The van der Waals surface area contributed by atoms with Gasteiger partial charge in [-0.3, -0.25) is 4.79 Å². The number of carbonyl (C=O) groups excluding carboxylic acids is 1. The number of aromatic nitrogens is 1. The zero-order valence-corrected chi connectivity index (χ0v) is 19.0. The number of alkyl halides is 3. The van der Waals surface area contributed by atoms with Gasteiger partial charge in [0.2, 0.25) is 5.88 Å². The number of pyridine rings is 1. The Morgan fingerprint density at radius 1 is 1.06 bits per heavy atom. The van der Waals surface area contributed by atoms with Crippen molar-refractivity contribution in [2.24, 2.45) is 0 Å². The van der Waals surface area contributed by atoms with E-state index in [2.05, 4.69) is 4.98 Å². The third-order valence-corrected chi connectivity index (χ3v) is 5.71. The van der Waals surface area contributed by atoms with Crippen molar-refractivity contribution < 1.29 is 27.1 Å². The van der Waals surface area contributed by atoms with E-state index in [9.17, 15) is 22.4 Å². The van der Waals surface area contributed by atoms with Crippen molar-refractivity contribution in [2.45, 2.75) is 12.6 Å². The smallest absolute Gasteiger partial charge is 0.390 e. The highest BCUT2D eigenvalue weighted by molar-refractivity contribution is 6.34. The molecule has 5 nitrogen and oxygen atoms in total. The second kappa shape index (κ2) is 9.68. The summed E-state index contributed by atoms with van der Waals surface area (Å²) in [7, 11) is 0. The van der Waals surface area contributed by atoms with Gasteiger partial charge in [0.25, 0.3) is 5.91 Å². The van der Waals surface area contributed by atoms with Gasteiger partial charge in [0, 0.05) is 30.7 Å². The van der Waals surface area contributed by atoms with Crippen LogP contribution in [0.4, 0.5) is 28.9 Å². The Bertz CT molecular complexity index is 1220. The summed E-state index contributed by atoms with van der Waals surface area (Å²) in [5, 5.41) is 0.538. The number of nitrogens with zero attached hydrogens (tertiary/aromatic N) is 3. The monoisotopic (exact) mass is 513 g/mol. The van der Waals surface area contributed by atoms with Gasteiger partial charge < -0.3 is 14.5 Å². The van der Waals surface area contributed by atoms with Gasteiger partial charge in [0.05, 0.1) is 29.0 Å². The molecule has 0 bridgehead atoms. The first-order valence-corrected chi connectivity index (χ1v) is 10.9. The highest BCUT2D eigenvalue weighted by Gasteiger charge is 2.33. The molecule has 178 valence electrons. The fourth-order valence-corrected chi connectivity index (χ4v) is 3.91. The van der Waals surface area contributed by atoms with Crippen LogP contribution in [-0.2, 0) is 0 Å². The maximum absolute atomic E-state index is 14.1. The summed E-state index contributed by atoms with van der Waals surface area (Å²) < 4.78 is 58.1. The van der Waals surface area contributed by atoms with Crippen molar-refractivity contribution in [1.82, 2.24) is 4.98 Å². The van der Waals surface area contributed by atoms with E-state index in [0.29, 0.717) is 16.4 Å². The molecule has 1 amide bonds. The van der Waals surface area contributed by atoms with Crippen LogP contribution in [0.25, 0.3) is 0 Å². The van der Waals surface area contributed by atoms with Crippen LogP contribution >= 0.6 is 23.2 Å². The van der Waals surface area contributed by atoms with Gasteiger partial charge in [-0.1, -0.05) is 35.3 Å². The zero-order chi connectivity index (χ0) is 24.5. The molecule has 2 heterocycles. The summed E-state index contributed by atoms with van der Waals surface area (Å²) in [4.78, 5) is 20.3. The van der Waals surface area contributed by atoms with E-state index in [-0.39, 0.29) is 41.8 Å². The number of benzene rings is 2. The summed E-state index contributed by atoms with van der Waals surface area (Å²) in [6, 6.07) is 12.1.